The maximum Gasteiger partial charge on any atom is 0.397 e. The van der Waals surface area contributed by atoms with Crippen molar-refractivity contribution in [3.05, 3.63) is 72.8 Å². The van der Waals surface area contributed by atoms with Gasteiger partial charge in [0.1, 0.15) is 32.5 Å². The van der Waals surface area contributed by atoms with Crippen LogP contribution in [0.3, 0.4) is 0 Å². The average Bonchev–Trinajstić information content (AvgIpc) is 3.25. The number of nitrogen functional groups attached to an aromatic ring is 1. The van der Waals surface area contributed by atoms with Gasteiger partial charge in [0.05, 0.1) is 79.6 Å². The quantitative estimate of drug-likeness (QED) is 0.0105. The third kappa shape index (κ3) is 14.4. The summed E-state index contributed by atoms with van der Waals surface area (Å²) in [6.07, 6.45) is 0. The average molecular weight is 1120 g/mol. The minimum absolute atomic E-state index is 0.0134. The maximum atomic E-state index is 12.7. The standard InChI is InChI=1S/C33H32N8O22S7/c1-35-23-16-25(27(67(48,49)50)17-24(23)38-36-19-2-6-21(7-3-19)65(44,45)12-10-60-69(54,55)56)39-40-31-26(64-63-62-43)14-18-15-28(68(51,52)53)32(30(34)29(18)33(31)42)41-37-20-4-8-22(9-5-20)66(46,47)13-11-61-70(57,58)59/h2-9,14-17,35,42-43H,10-13,34H2,1H3,(H,48,49,50)(H,51,52,53)(H,54,55,56)(H,57,58,59). The van der Waals surface area contributed by atoms with Gasteiger partial charge in [0.2, 0.25) is 0 Å². The van der Waals surface area contributed by atoms with Gasteiger partial charge in [-0.2, -0.15) is 43.9 Å². The van der Waals surface area contributed by atoms with Crippen molar-refractivity contribution in [1.82, 2.24) is 0 Å². The molecule has 0 heterocycles. The van der Waals surface area contributed by atoms with E-state index in [1.165, 1.54) is 19.2 Å². The number of aromatic hydroxyl groups is 1. The van der Waals surface area contributed by atoms with Gasteiger partial charge in [0.15, 0.2) is 25.4 Å². The molecule has 70 heavy (non-hydrogen) atoms. The molecule has 9 N–H and O–H groups in total. The Bertz CT molecular complexity index is 3620. The van der Waals surface area contributed by atoms with Crippen molar-refractivity contribution in [3.8, 4) is 5.75 Å². The van der Waals surface area contributed by atoms with Gasteiger partial charge in [-0.05, 0) is 78.2 Å². The molecular formula is C33H32N8O22S7. The molecule has 5 rings (SSSR count). The van der Waals surface area contributed by atoms with E-state index in [2.05, 4.69) is 53.7 Å². The first kappa shape index (κ1) is 55.2. The molecule has 0 fully saturated rings. The summed E-state index contributed by atoms with van der Waals surface area (Å²) in [6.45, 7) is -1.80. The molecule has 37 heteroatoms. The summed E-state index contributed by atoms with van der Waals surface area (Å²) in [6, 6.07) is 12.3. The second kappa shape index (κ2) is 21.7. The lowest BCUT2D eigenvalue weighted by Crippen LogP contribution is -2.15. The third-order valence-electron chi connectivity index (χ3n) is 8.73. The largest absolute Gasteiger partial charge is 0.505 e. The van der Waals surface area contributed by atoms with Crippen LogP contribution in [0.15, 0.2) is 128 Å². The van der Waals surface area contributed by atoms with Crippen molar-refractivity contribution in [2.75, 3.05) is 42.8 Å². The summed E-state index contributed by atoms with van der Waals surface area (Å²) in [5.41, 5.74) is 3.18. The predicted octanol–water partition coefficient (Wildman–Crippen LogP) is 5.52. The van der Waals surface area contributed by atoms with Gasteiger partial charge in [-0.1, -0.05) is 5.04 Å². The number of rotatable bonds is 22. The summed E-state index contributed by atoms with van der Waals surface area (Å²) < 4.78 is 194. The molecule has 0 saturated heterocycles. The van der Waals surface area contributed by atoms with Crippen molar-refractivity contribution in [2.24, 2.45) is 30.7 Å². The molecule has 5 aromatic carbocycles. The zero-order valence-corrected chi connectivity index (χ0v) is 40.3. The first-order valence-electron chi connectivity index (χ1n) is 18.2. The lowest BCUT2D eigenvalue weighted by Gasteiger charge is -2.14. The van der Waals surface area contributed by atoms with Gasteiger partial charge in [0, 0.05) is 7.05 Å². The Hall–Kier alpha value is -5.75. The van der Waals surface area contributed by atoms with Gasteiger partial charge in [-0.25, -0.2) is 30.5 Å². The number of fused-ring (bicyclic) bond motifs is 1. The number of sulfone groups is 2. The van der Waals surface area contributed by atoms with Crippen LogP contribution >= 0.6 is 12.0 Å². The van der Waals surface area contributed by atoms with Crippen LogP contribution in [0.25, 0.3) is 10.8 Å². The fraction of sp³-hybridized carbons (Fsp3) is 0.152. The molecular weight excluding hydrogens is 1080 g/mol. The molecule has 0 amide bonds. The monoisotopic (exact) mass is 1120 g/mol. The smallest absolute Gasteiger partial charge is 0.397 e. The molecule has 0 spiro atoms. The van der Waals surface area contributed by atoms with Crippen molar-refractivity contribution in [2.45, 2.75) is 24.5 Å². The normalized spacial score (nSPS) is 13.3. The number of phenolic OH excluding ortho intramolecular Hbond substituents is 1. The lowest BCUT2D eigenvalue weighted by atomic mass is 10.1. The van der Waals surface area contributed by atoms with Gasteiger partial charge >= 0.3 is 20.8 Å². The van der Waals surface area contributed by atoms with Crippen molar-refractivity contribution >= 4 is 129 Å². The van der Waals surface area contributed by atoms with E-state index in [0.717, 1.165) is 60.7 Å². The molecule has 5 aromatic rings. The lowest BCUT2D eigenvalue weighted by molar-refractivity contribution is -0.432. The van der Waals surface area contributed by atoms with Gasteiger partial charge in [-0.3, -0.25) is 18.2 Å². The number of hydrogen-bond donors (Lipinski definition) is 8. The molecule has 0 bridgehead atoms. The number of azo groups is 3. The molecule has 0 atom stereocenters. The Kier molecular flexibility index (Phi) is 17.1. The summed E-state index contributed by atoms with van der Waals surface area (Å²) in [5.74, 6) is -2.64. The maximum absolute atomic E-state index is 12.7. The van der Waals surface area contributed by atoms with E-state index in [4.69, 9.17) is 20.1 Å². The van der Waals surface area contributed by atoms with Crippen LogP contribution in [-0.2, 0) is 78.4 Å². The van der Waals surface area contributed by atoms with E-state index < -0.39 is 129 Å². The first-order valence-corrected chi connectivity index (χ1v) is 27.8. The van der Waals surface area contributed by atoms with Gasteiger partial charge in [-0.15, -0.1) is 24.8 Å². The highest BCUT2D eigenvalue weighted by molar-refractivity contribution is 7.94. The number of benzene rings is 5. The highest BCUT2D eigenvalue weighted by atomic mass is 32.3. The molecule has 0 saturated carbocycles. The van der Waals surface area contributed by atoms with Crippen LogP contribution in [0.2, 0.25) is 0 Å². The van der Waals surface area contributed by atoms with Crippen molar-refractivity contribution < 1.29 is 96.8 Å². The number of anilines is 2. The van der Waals surface area contributed by atoms with E-state index in [9.17, 15) is 64.7 Å². The molecule has 0 unspecified atom stereocenters. The van der Waals surface area contributed by atoms with E-state index in [1.54, 1.807) is 0 Å². The Morgan fingerprint density at radius 3 is 1.53 bits per heavy atom. The van der Waals surface area contributed by atoms with Crippen LogP contribution in [-0.4, -0.2) is 111 Å². The molecule has 0 aliphatic carbocycles. The fourth-order valence-electron chi connectivity index (χ4n) is 5.65. The second-order valence-corrected chi connectivity index (χ2v) is 23.2. The van der Waals surface area contributed by atoms with Crippen LogP contribution in [0.5, 0.6) is 5.75 Å². The van der Waals surface area contributed by atoms with Crippen LogP contribution in [0, 0.1) is 0 Å². The van der Waals surface area contributed by atoms with E-state index in [0.29, 0.717) is 0 Å². The highest BCUT2D eigenvalue weighted by Gasteiger charge is 2.27. The Balaban J connectivity index is 1.55. The van der Waals surface area contributed by atoms with E-state index in [1.807, 2.05) is 0 Å². The minimum Gasteiger partial charge on any atom is -0.505 e. The topological polar surface area (TPSA) is 475 Å². The number of nitrogens with one attached hydrogen (secondary N) is 1. The van der Waals surface area contributed by atoms with E-state index >= 15 is 0 Å². The summed E-state index contributed by atoms with van der Waals surface area (Å²) in [5, 5.41) is 49.4. The minimum atomic E-state index is -5.22. The number of nitrogens with two attached hydrogens (primary N) is 1. The molecule has 378 valence electrons. The van der Waals surface area contributed by atoms with Gasteiger partial charge in [0.25, 0.3) is 20.2 Å². The third-order valence-corrected chi connectivity index (χ3v) is 15.4. The Morgan fingerprint density at radius 1 is 0.600 bits per heavy atom. The van der Waals surface area contributed by atoms with E-state index in [-0.39, 0.29) is 54.9 Å². The summed E-state index contributed by atoms with van der Waals surface area (Å²) in [7, 11) is -27.1. The number of nitrogens with zero attached hydrogens (tertiary/aromatic N) is 6. The Morgan fingerprint density at radius 2 is 1.07 bits per heavy atom. The van der Waals surface area contributed by atoms with Crippen LogP contribution in [0.1, 0.15) is 0 Å². The van der Waals surface area contributed by atoms with Crippen molar-refractivity contribution in [3.63, 3.8) is 0 Å². The summed E-state index contributed by atoms with van der Waals surface area (Å²) >= 11 is 0.135. The predicted molar refractivity (Wildman–Crippen MR) is 241 cm³/mol. The zero-order chi connectivity index (χ0) is 52.0. The molecule has 0 radical (unpaired) electrons. The molecule has 30 nitrogen and oxygen atoms in total. The van der Waals surface area contributed by atoms with Crippen LogP contribution in [0.4, 0.5) is 45.5 Å². The van der Waals surface area contributed by atoms with Crippen LogP contribution < -0.4 is 11.1 Å². The number of phenols is 1. The second-order valence-electron chi connectivity index (χ2n) is 13.3. The number of hydrogen-bond acceptors (Lipinski definition) is 27. The SMILES string of the molecule is CNc1cc(N=Nc2c(SOOO)cc3cc(S(=O)(=O)O)c(N=Nc4ccc(S(=O)(=O)CCOS(=O)(=O)O)cc4)c(N)c3c2O)c(S(=O)(=O)O)cc1N=Nc1ccc(S(=O)(=O)CCOS(=O)(=O)O)cc1. The zero-order valence-electron chi connectivity index (χ0n) is 34.6. The molecule has 0 aromatic heterocycles. The highest BCUT2D eigenvalue weighted by Crippen LogP contribution is 2.50. The first-order chi connectivity index (χ1) is 32.4. The molecule has 0 aliphatic rings. The van der Waals surface area contributed by atoms with Crippen molar-refractivity contribution in [1.29, 1.82) is 0 Å². The molecule has 0 aliphatic heterocycles. The fourth-order valence-corrected chi connectivity index (χ4v) is 10.4. The Labute approximate surface area is 400 Å². The van der Waals surface area contributed by atoms with Gasteiger partial charge < -0.3 is 16.2 Å². The summed E-state index contributed by atoms with van der Waals surface area (Å²) in [4.78, 5) is -2.93.